The van der Waals surface area contributed by atoms with Gasteiger partial charge in [-0.25, -0.2) is 8.42 Å². The molecule has 5 rings (SSSR count). The van der Waals surface area contributed by atoms with E-state index in [-0.39, 0.29) is 65.1 Å². The van der Waals surface area contributed by atoms with Crippen LogP contribution in [0.4, 0.5) is 11.4 Å². The van der Waals surface area contributed by atoms with Gasteiger partial charge in [0.2, 0.25) is 15.7 Å². The van der Waals surface area contributed by atoms with Crippen LogP contribution in [0.2, 0.25) is 0 Å². The van der Waals surface area contributed by atoms with Gasteiger partial charge in [0.1, 0.15) is 0 Å². The third-order valence-corrected chi connectivity index (χ3v) is 19.8. The van der Waals surface area contributed by atoms with Crippen molar-refractivity contribution in [2.45, 2.75) is 114 Å². The summed E-state index contributed by atoms with van der Waals surface area (Å²) in [4.78, 5) is 14.1. The minimum Gasteiger partial charge on any atom is -0.383 e. The first kappa shape index (κ1) is 47.1. The zero-order valence-corrected chi connectivity index (χ0v) is 39.0. The second-order valence-corrected chi connectivity index (χ2v) is 23.1. The number of fused-ring (bicyclic) bond motifs is 3. The van der Waals surface area contributed by atoms with Crippen LogP contribution in [0.15, 0.2) is 76.5 Å². The Morgan fingerprint density at radius 1 is 0.814 bits per heavy atom. The Kier molecular flexibility index (Phi) is 15.5. The number of anilines is 2. The molecule has 12 nitrogen and oxygen atoms in total. The molecule has 3 aromatic rings. The fraction of sp³-hybridized carbons (Fsp3) is 0.535. The zero-order chi connectivity index (χ0) is 43.2. The van der Waals surface area contributed by atoms with Crippen LogP contribution in [0.5, 0.6) is 0 Å². The number of amides is 1. The quantitative estimate of drug-likeness (QED) is 0.0821. The number of sulfone groups is 1. The van der Waals surface area contributed by atoms with Crippen molar-refractivity contribution >= 4 is 59.6 Å². The molecule has 0 spiro atoms. The largest absolute Gasteiger partial charge is 0.383 e. The first-order chi connectivity index (χ1) is 27.9. The predicted molar refractivity (Wildman–Crippen MR) is 238 cm³/mol. The van der Waals surface area contributed by atoms with Crippen molar-refractivity contribution in [3.05, 3.63) is 83.4 Å². The third kappa shape index (κ3) is 10.1. The van der Waals surface area contributed by atoms with Crippen molar-refractivity contribution < 1.29 is 40.4 Å². The molecule has 1 amide bonds. The minimum atomic E-state index is -3.98. The summed E-state index contributed by atoms with van der Waals surface area (Å²) >= 11 is 5.61. The Balaban J connectivity index is 1.23. The highest BCUT2D eigenvalue weighted by molar-refractivity contribution is 7.91. The molecular weight excluding hydrogens is 829 g/mol. The van der Waals surface area contributed by atoms with Crippen LogP contribution in [0.25, 0.3) is 0 Å². The molecule has 1 saturated carbocycles. The van der Waals surface area contributed by atoms with Crippen molar-refractivity contribution in [2.24, 2.45) is 11.3 Å². The molecule has 0 saturated heterocycles. The lowest BCUT2D eigenvalue weighted by molar-refractivity contribution is -0.137. The minimum absolute atomic E-state index is 0.0464. The van der Waals surface area contributed by atoms with Gasteiger partial charge in [-0.2, -0.15) is 0 Å². The summed E-state index contributed by atoms with van der Waals surface area (Å²) in [5.74, 6) is 0.523. The molecule has 0 bridgehead atoms. The van der Waals surface area contributed by atoms with Crippen LogP contribution in [-0.2, 0) is 53.7 Å². The summed E-state index contributed by atoms with van der Waals surface area (Å²) in [6, 6.07) is 19.1. The predicted octanol–water partition coefficient (Wildman–Crippen LogP) is 10.4. The SMILES string of the molecule is CCOP(=O)(OCC)C(CNc1ccc(S(=O)(=O)c2ccc(NC(=S)NC(=O)[C@]3(C)CCC[C@]4(C)c5ccc(C(C)C)cc5CC[C@@H]34)cc2)cc1)P(=O)(OCC)OCC. The maximum absolute atomic E-state index is 14.0. The Bertz CT molecular complexity index is 2120. The zero-order valence-electron chi connectivity index (χ0n) is 35.5. The smallest absolute Gasteiger partial charge is 0.347 e. The van der Waals surface area contributed by atoms with E-state index in [1.165, 1.54) is 41.0 Å². The third-order valence-electron chi connectivity index (χ3n) is 11.8. The summed E-state index contributed by atoms with van der Waals surface area (Å²) in [6.45, 7) is 15.5. The van der Waals surface area contributed by atoms with Gasteiger partial charge in [0, 0.05) is 17.9 Å². The van der Waals surface area contributed by atoms with Crippen LogP contribution in [0, 0.1) is 11.3 Å². The molecule has 3 atom stereocenters. The van der Waals surface area contributed by atoms with Gasteiger partial charge in [0.25, 0.3) is 0 Å². The molecular formula is C43H61N3O9P2S2. The molecule has 1 fully saturated rings. The standard InChI is InChI=1S/C43H61N3O9P2S2/c1-9-52-56(48,53-10-2)39(57(49,54-11-3)55-12-4)29-44-33-16-20-35(21-17-33)59(50,51)36-22-18-34(19-23-36)45-41(58)46-40(47)43(8)27-13-26-42(7)37-24-14-31(30(5)6)28-32(37)15-25-38(42)43/h14,16-24,28,30,38-39,44H,9-13,15,25-27,29H2,1-8H3,(H2,45,46,47,58)/t38-,42-,43-/m1/s1. The first-order valence-corrected chi connectivity index (χ1v) is 25.7. The molecule has 0 aromatic heterocycles. The highest BCUT2D eigenvalue weighted by Gasteiger charge is 2.55. The van der Waals surface area contributed by atoms with Crippen molar-refractivity contribution in [3.63, 3.8) is 0 Å². The highest BCUT2D eigenvalue weighted by Crippen LogP contribution is 2.70. The van der Waals surface area contributed by atoms with Crippen LogP contribution in [0.1, 0.15) is 104 Å². The van der Waals surface area contributed by atoms with Gasteiger partial charge in [-0.3, -0.25) is 13.9 Å². The van der Waals surface area contributed by atoms with Crippen molar-refractivity contribution in [1.82, 2.24) is 5.32 Å². The van der Waals surface area contributed by atoms with E-state index in [0.29, 0.717) is 17.3 Å². The Morgan fingerprint density at radius 2 is 1.34 bits per heavy atom. The summed E-state index contributed by atoms with van der Waals surface area (Å²) in [6.07, 6.45) is 4.63. The number of nitrogens with one attached hydrogen (secondary N) is 3. The molecule has 0 aliphatic heterocycles. The topological polar surface area (TPSA) is 158 Å². The number of benzene rings is 3. The molecule has 59 heavy (non-hydrogen) atoms. The van der Waals surface area contributed by atoms with Crippen LogP contribution in [0.3, 0.4) is 0 Å². The fourth-order valence-corrected chi connectivity index (χ4v) is 15.5. The van der Waals surface area contributed by atoms with E-state index in [2.05, 4.69) is 61.8 Å². The number of rotatable bonds is 18. The Morgan fingerprint density at radius 3 is 1.85 bits per heavy atom. The second-order valence-electron chi connectivity index (χ2n) is 15.9. The lowest BCUT2D eigenvalue weighted by atomic mass is 9.49. The van der Waals surface area contributed by atoms with Gasteiger partial charge in [-0.15, -0.1) is 0 Å². The Hall–Kier alpha value is -2.93. The molecule has 0 radical (unpaired) electrons. The van der Waals surface area contributed by atoms with Crippen LogP contribution >= 0.6 is 27.4 Å². The van der Waals surface area contributed by atoms with Crippen molar-refractivity contribution in [2.75, 3.05) is 43.6 Å². The molecule has 0 unspecified atom stereocenters. The van der Waals surface area contributed by atoms with Gasteiger partial charge in [-0.1, -0.05) is 52.3 Å². The fourth-order valence-electron chi connectivity index (χ4n) is 8.90. The average molecular weight is 890 g/mol. The van der Waals surface area contributed by atoms with E-state index in [9.17, 15) is 22.3 Å². The summed E-state index contributed by atoms with van der Waals surface area (Å²) < 4.78 is 77.2. The van der Waals surface area contributed by atoms with Gasteiger partial charge >= 0.3 is 15.2 Å². The van der Waals surface area contributed by atoms with Crippen molar-refractivity contribution in [3.8, 4) is 0 Å². The van der Waals surface area contributed by atoms with Crippen molar-refractivity contribution in [1.29, 1.82) is 0 Å². The number of aryl methyl sites for hydroxylation is 1. The average Bonchev–Trinajstić information content (AvgIpc) is 3.18. The van der Waals surface area contributed by atoms with E-state index < -0.39 is 35.8 Å². The number of carbonyl (C=O) groups is 1. The maximum atomic E-state index is 14.0. The van der Waals surface area contributed by atoms with Gasteiger partial charge in [0.05, 0.1) is 41.6 Å². The summed E-state index contributed by atoms with van der Waals surface area (Å²) in [7, 11) is -11.9. The van der Waals surface area contributed by atoms with Gasteiger partial charge < -0.3 is 34.0 Å². The molecule has 16 heteroatoms. The van der Waals surface area contributed by atoms with Gasteiger partial charge in [-0.05, 0) is 148 Å². The van der Waals surface area contributed by atoms with Gasteiger partial charge in [0.15, 0.2) is 10.5 Å². The molecule has 2 aliphatic carbocycles. The Labute approximate surface area is 356 Å². The molecule has 3 N–H and O–H groups in total. The van der Waals surface area contributed by atoms with E-state index >= 15 is 0 Å². The highest BCUT2D eigenvalue weighted by atomic mass is 32.2. The van der Waals surface area contributed by atoms with E-state index in [1.54, 1.807) is 52.0 Å². The molecule has 324 valence electrons. The van der Waals surface area contributed by atoms with E-state index in [0.717, 1.165) is 32.1 Å². The monoisotopic (exact) mass is 889 g/mol. The van der Waals surface area contributed by atoms with E-state index in [4.69, 9.17) is 30.3 Å². The number of thiocarbonyl (C=S) groups is 1. The summed E-state index contributed by atoms with van der Waals surface area (Å²) in [5, 5.41) is 7.99. The lowest BCUT2D eigenvalue weighted by Crippen LogP contribution is -2.56. The number of hydrogen-bond donors (Lipinski definition) is 3. The number of carbonyl (C=O) groups excluding carboxylic acids is 1. The lowest BCUT2D eigenvalue weighted by Gasteiger charge is -2.54. The van der Waals surface area contributed by atoms with E-state index in [1.807, 2.05) is 0 Å². The van der Waals surface area contributed by atoms with Crippen LogP contribution in [-0.4, -0.2) is 57.8 Å². The number of hydrogen-bond acceptors (Lipinski definition) is 11. The first-order valence-electron chi connectivity index (χ1n) is 20.6. The second kappa shape index (κ2) is 19.4. The van der Waals surface area contributed by atoms with Crippen LogP contribution < -0.4 is 16.0 Å². The molecule has 0 heterocycles. The molecule has 3 aromatic carbocycles. The summed E-state index contributed by atoms with van der Waals surface area (Å²) in [5.41, 5.74) is 4.40. The normalized spacial score (nSPS) is 20.8. The maximum Gasteiger partial charge on any atom is 0.347 e. The molecule has 2 aliphatic rings.